The zero-order valence-corrected chi connectivity index (χ0v) is 9.45. The number of nitrogens with one attached hydrogen (secondary N) is 1. The molecule has 0 aromatic heterocycles. The minimum absolute atomic E-state index is 0.408. The summed E-state index contributed by atoms with van der Waals surface area (Å²) in [5, 5.41) is 2.35. The van der Waals surface area contributed by atoms with Gasteiger partial charge >= 0.3 is 0 Å². The molecule has 2 rings (SSSR count). The second-order valence-electron chi connectivity index (χ2n) is 4.64. The zero-order valence-electron chi connectivity index (χ0n) is 9.45. The summed E-state index contributed by atoms with van der Waals surface area (Å²) in [6.45, 7) is 4.84. The molecule has 2 aliphatic rings. The fourth-order valence-corrected chi connectivity index (χ4v) is 2.48. The Bertz CT molecular complexity index is 177. The van der Waals surface area contributed by atoms with Gasteiger partial charge in [0, 0.05) is 38.2 Å². The van der Waals surface area contributed by atoms with Crippen molar-refractivity contribution >= 4 is 0 Å². The standard InChI is InChI=1S/C11H23N3O/c12-8-11(10-4-7-15-9-10)13-14-5-2-1-3-6-14/h10-11,13H,1-9,12H2. The lowest BCUT2D eigenvalue weighted by atomic mass is 10.00. The Morgan fingerprint density at radius 3 is 2.73 bits per heavy atom. The van der Waals surface area contributed by atoms with E-state index >= 15 is 0 Å². The maximum atomic E-state index is 5.83. The van der Waals surface area contributed by atoms with Crippen LogP contribution in [-0.2, 0) is 4.74 Å². The van der Waals surface area contributed by atoms with Gasteiger partial charge in [-0.3, -0.25) is 5.43 Å². The van der Waals surface area contributed by atoms with Gasteiger partial charge in [0.05, 0.1) is 6.61 Å². The fraction of sp³-hybridized carbons (Fsp3) is 1.00. The van der Waals surface area contributed by atoms with Crippen LogP contribution < -0.4 is 11.2 Å². The van der Waals surface area contributed by atoms with Crippen LogP contribution in [0.15, 0.2) is 0 Å². The number of hydrazine groups is 1. The van der Waals surface area contributed by atoms with E-state index in [0.717, 1.165) is 19.6 Å². The van der Waals surface area contributed by atoms with Crippen LogP contribution in [0.4, 0.5) is 0 Å². The molecular formula is C11H23N3O. The predicted molar refractivity (Wildman–Crippen MR) is 60.3 cm³/mol. The van der Waals surface area contributed by atoms with Crippen LogP contribution in [0, 0.1) is 5.92 Å². The molecule has 2 saturated heterocycles. The summed E-state index contributed by atoms with van der Waals surface area (Å²) < 4.78 is 5.41. The van der Waals surface area contributed by atoms with E-state index in [1.807, 2.05) is 0 Å². The Hall–Kier alpha value is -0.160. The van der Waals surface area contributed by atoms with Crippen LogP contribution >= 0.6 is 0 Å². The molecule has 15 heavy (non-hydrogen) atoms. The molecule has 0 saturated carbocycles. The first-order valence-electron chi connectivity index (χ1n) is 6.19. The summed E-state index contributed by atoms with van der Waals surface area (Å²) in [5.41, 5.74) is 9.40. The minimum Gasteiger partial charge on any atom is -0.381 e. The molecule has 3 N–H and O–H groups in total. The van der Waals surface area contributed by atoms with E-state index in [4.69, 9.17) is 10.5 Å². The van der Waals surface area contributed by atoms with Gasteiger partial charge in [-0.15, -0.1) is 0 Å². The van der Waals surface area contributed by atoms with Crippen LogP contribution in [0.25, 0.3) is 0 Å². The minimum atomic E-state index is 0.408. The van der Waals surface area contributed by atoms with Crippen molar-refractivity contribution in [1.29, 1.82) is 0 Å². The van der Waals surface area contributed by atoms with Crippen molar-refractivity contribution in [3.05, 3.63) is 0 Å². The van der Waals surface area contributed by atoms with E-state index in [0.29, 0.717) is 18.5 Å². The van der Waals surface area contributed by atoms with Crippen molar-refractivity contribution in [3.8, 4) is 0 Å². The average molecular weight is 213 g/mol. The van der Waals surface area contributed by atoms with Crippen molar-refractivity contribution in [3.63, 3.8) is 0 Å². The second-order valence-corrected chi connectivity index (χ2v) is 4.64. The van der Waals surface area contributed by atoms with Gasteiger partial charge in [0.1, 0.15) is 0 Å². The first-order chi connectivity index (χ1) is 7.40. The first-order valence-corrected chi connectivity index (χ1v) is 6.19. The highest BCUT2D eigenvalue weighted by Gasteiger charge is 2.26. The Labute approximate surface area is 92.1 Å². The van der Waals surface area contributed by atoms with Gasteiger partial charge in [-0.1, -0.05) is 6.42 Å². The van der Waals surface area contributed by atoms with Crippen LogP contribution in [0.5, 0.6) is 0 Å². The lowest BCUT2D eigenvalue weighted by Gasteiger charge is -2.33. The number of nitrogens with zero attached hydrogens (tertiary/aromatic N) is 1. The third kappa shape index (κ3) is 3.14. The maximum absolute atomic E-state index is 5.83. The molecule has 2 heterocycles. The van der Waals surface area contributed by atoms with Gasteiger partial charge in [0.25, 0.3) is 0 Å². The highest BCUT2D eigenvalue weighted by atomic mass is 16.5. The van der Waals surface area contributed by atoms with Crippen LogP contribution in [0.2, 0.25) is 0 Å². The summed E-state index contributed by atoms with van der Waals surface area (Å²) in [5.74, 6) is 0.608. The lowest BCUT2D eigenvalue weighted by Crippen LogP contribution is -2.53. The van der Waals surface area contributed by atoms with Crippen molar-refractivity contribution < 1.29 is 4.74 Å². The van der Waals surface area contributed by atoms with Crippen LogP contribution in [0.1, 0.15) is 25.7 Å². The van der Waals surface area contributed by atoms with Gasteiger partial charge in [-0.25, -0.2) is 5.01 Å². The molecule has 0 aromatic carbocycles. The number of nitrogens with two attached hydrogens (primary N) is 1. The highest BCUT2D eigenvalue weighted by Crippen LogP contribution is 2.17. The molecule has 0 amide bonds. The SMILES string of the molecule is NCC(NN1CCCCC1)C1CCOC1. The molecule has 2 atom stereocenters. The first kappa shape index (κ1) is 11.3. The molecule has 0 radical (unpaired) electrons. The molecule has 2 unspecified atom stereocenters. The summed E-state index contributed by atoms with van der Waals surface area (Å²) >= 11 is 0. The van der Waals surface area contributed by atoms with E-state index in [1.165, 1.54) is 32.4 Å². The van der Waals surface area contributed by atoms with E-state index in [2.05, 4.69) is 10.4 Å². The number of hydrogen-bond acceptors (Lipinski definition) is 4. The number of ether oxygens (including phenoxy) is 1. The van der Waals surface area contributed by atoms with Crippen molar-refractivity contribution in [2.24, 2.45) is 11.7 Å². The maximum Gasteiger partial charge on any atom is 0.0511 e. The van der Waals surface area contributed by atoms with E-state index in [-0.39, 0.29) is 0 Å². The summed E-state index contributed by atoms with van der Waals surface area (Å²) in [6.07, 6.45) is 5.15. The summed E-state index contributed by atoms with van der Waals surface area (Å²) in [4.78, 5) is 0. The third-order valence-electron chi connectivity index (χ3n) is 3.49. The monoisotopic (exact) mass is 213 g/mol. The number of hydrogen-bond donors (Lipinski definition) is 2. The molecule has 4 heteroatoms. The van der Waals surface area contributed by atoms with Gasteiger partial charge in [0.15, 0.2) is 0 Å². The molecular weight excluding hydrogens is 190 g/mol. The third-order valence-corrected chi connectivity index (χ3v) is 3.49. The molecule has 4 nitrogen and oxygen atoms in total. The van der Waals surface area contributed by atoms with E-state index in [1.54, 1.807) is 0 Å². The van der Waals surface area contributed by atoms with Gasteiger partial charge in [0.2, 0.25) is 0 Å². The normalized spacial score (nSPS) is 30.6. The lowest BCUT2D eigenvalue weighted by molar-refractivity contribution is 0.101. The van der Waals surface area contributed by atoms with Crippen LogP contribution in [-0.4, -0.2) is 43.9 Å². The molecule has 2 fully saturated rings. The summed E-state index contributed by atoms with van der Waals surface area (Å²) in [6, 6.07) is 0.408. The van der Waals surface area contributed by atoms with Gasteiger partial charge in [-0.05, 0) is 19.3 Å². The quantitative estimate of drug-likeness (QED) is 0.707. The Morgan fingerprint density at radius 1 is 1.33 bits per heavy atom. The van der Waals surface area contributed by atoms with Gasteiger partial charge < -0.3 is 10.5 Å². The molecule has 2 aliphatic heterocycles. The Morgan fingerprint density at radius 2 is 2.13 bits per heavy atom. The van der Waals surface area contributed by atoms with Crippen molar-refractivity contribution in [2.75, 3.05) is 32.8 Å². The van der Waals surface area contributed by atoms with E-state index in [9.17, 15) is 0 Å². The fourth-order valence-electron chi connectivity index (χ4n) is 2.48. The molecule has 88 valence electrons. The van der Waals surface area contributed by atoms with Crippen LogP contribution in [0.3, 0.4) is 0 Å². The topological polar surface area (TPSA) is 50.5 Å². The second kappa shape index (κ2) is 5.80. The number of rotatable bonds is 4. The average Bonchev–Trinajstić information content (AvgIpc) is 2.81. The largest absolute Gasteiger partial charge is 0.381 e. The molecule has 0 bridgehead atoms. The zero-order chi connectivity index (χ0) is 10.5. The number of piperidine rings is 1. The Kier molecular flexibility index (Phi) is 4.38. The van der Waals surface area contributed by atoms with Crippen molar-refractivity contribution in [1.82, 2.24) is 10.4 Å². The highest BCUT2D eigenvalue weighted by molar-refractivity contribution is 4.80. The molecule has 0 aromatic rings. The Balaban J connectivity index is 1.78. The predicted octanol–water partition coefficient (Wildman–Crippen LogP) is 0.341. The van der Waals surface area contributed by atoms with Gasteiger partial charge in [-0.2, -0.15) is 0 Å². The van der Waals surface area contributed by atoms with Crippen molar-refractivity contribution in [2.45, 2.75) is 31.7 Å². The molecule has 0 aliphatic carbocycles. The molecule has 0 spiro atoms. The smallest absolute Gasteiger partial charge is 0.0511 e. The van der Waals surface area contributed by atoms with E-state index < -0.39 is 0 Å². The summed E-state index contributed by atoms with van der Waals surface area (Å²) in [7, 11) is 0.